The van der Waals surface area contributed by atoms with Crippen LogP contribution in [0, 0.1) is 6.92 Å². The Morgan fingerprint density at radius 2 is 1.93 bits per heavy atom. The largest absolute Gasteiger partial charge is 0.437 e. The third-order valence-electron chi connectivity index (χ3n) is 4.26. The lowest BCUT2D eigenvalue weighted by Crippen LogP contribution is -2.24. The second-order valence-corrected chi connectivity index (χ2v) is 6.52. The van der Waals surface area contributed by atoms with Gasteiger partial charge in [-0.15, -0.1) is 0 Å². The molecule has 1 amide bonds. The highest BCUT2D eigenvalue weighted by Crippen LogP contribution is 2.22. The molecule has 0 atom stereocenters. The van der Waals surface area contributed by atoms with Gasteiger partial charge in [-0.3, -0.25) is 14.6 Å². The Kier molecular flexibility index (Phi) is 4.33. The highest BCUT2D eigenvalue weighted by Gasteiger charge is 2.16. The number of hydrogen-bond donors (Lipinski definition) is 1. The lowest BCUT2D eigenvalue weighted by atomic mass is 10.1. The molecule has 0 unspecified atom stereocenters. The van der Waals surface area contributed by atoms with Crippen LogP contribution in [0.1, 0.15) is 21.6 Å². The molecule has 1 N–H and O–H groups in total. The number of nitrogens with zero attached hydrogens (tertiary/aromatic N) is 2. The van der Waals surface area contributed by atoms with Gasteiger partial charge in [-0.2, -0.15) is 0 Å². The third-order valence-corrected chi connectivity index (χ3v) is 4.50. The second kappa shape index (κ2) is 6.81. The van der Waals surface area contributed by atoms with Crippen molar-refractivity contribution >= 4 is 39.6 Å². The maximum atomic E-state index is 12.8. The van der Waals surface area contributed by atoms with E-state index < -0.39 is 0 Å². The number of fused-ring (bicyclic) bond motifs is 2. The molecule has 6 nitrogen and oxygen atoms in total. The summed E-state index contributed by atoms with van der Waals surface area (Å²) in [7, 11) is 0. The molecule has 0 spiro atoms. The van der Waals surface area contributed by atoms with E-state index in [0.717, 1.165) is 5.56 Å². The molecule has 0 bridgehead atoms. The van der Waals surface area contributed by atoms with E-state index in [0.29, 0.717) is 33.8 Å². The number of rotatable bonds is 3. The normalized spacial score (nSPS) is 11.0. The van der Waals surface area contributed by atoms with Crippen molar-refractivity contribution in [2.75, 3.05) is 0 Å². The predicted molar refractivity (Wildman–Crippen MR) is 103 cm³/mol. The summed E-state index contributed by atoms with van der Waals surface area (Å²) in [5, 5.41) is 3.85. The number of amides is 1. The first kappa shape index (κ1) is 17.2. The molecule has 4 aromatic rings. The topological polar surface area (TPSA) is 85.1 Å². The van der Waals surface area contributed by atoms with Gasteiger partial charge in [0, 0.05) is 24.0 Å². The fourth-order valence-corrected chi connectivity index (χ4v) is 3.02. The molecule has 0 radical (unpaired) electrons. The summed E-state index contributed by atoms with van der Waals surface area (Å²) in [6.07, 6.45) is 3.32. The zero-order valence-electron chi connectivity index (χ0n) is 14.3. The van der Waals surface area contributed by atoms with Crippen LogP contribution in [-0.2, 0) is 6.54 Å². The van der Waals surface area contributed by atoms with Gasteiger partial charge < -0.3 is 9.73 Å². The summed E-state index contributed by atoms with van der Waals surface area (Å²) < 4.78 is 5.72. The van der Waals surface area contributed by atoms with Crippen molar-refractivity contribution in [2.24, 2.45) is 0 Å². The number of nitrogens with one attached hydrogen (secondary N) is 1. The molecule has 7 heteroatoms. The molecule has 0 fully saturated rings. The summed E-state index contributed by atoms with van der Waals surface area (Å²) >= 11 is 5.98. The minimum Gasteiger partial charge on any atom is -0.437 e. The van der Waals surface area contributed by atoms with Crippen molar-refractivity contribution in [3.05, 3.63) is 80.9 Å². The van der Waals surface area contributed by atoms with E-state index in [9.17, 15) is 9.59 Å². The highest BCUT2D eigenvalue weighted by atomic mass is 35.5. The Hall–Kier alpha value is -3.25. The fraction of sp³-hybridized carbons (Fsp3) is 0.100. The van der Waals surface area contributed by atoms with Crippen molar-refractivity contribution < 1.29 is 9.21 Å². The quantitative estimate of drug-likeness (QED) is 0.549. The summed E-state index contributed by atoms with van der Waals surface area (Å²) in [5.74, 6) is -0.315. The van der Waals surface area contributed by atoms with Crippen molar-refractivity contribution in [1.82, 2.24) is 15.3 Å². The number of aromatic nitrogens is 2. The number of benzene rings is 1. The van der Waals surface area contributed by atoms with E-state index in [1.165, 1.54) is 6.07 Å². The number of aryl methyl sites for hydroxylation is 1. The molecule has 1 aromatic carbocycles. The van der Waals surface area contributed by atoms with Crippen LogP contribution >= 0.6 is 11.6 Å². The molecule has 0 aliphatic heterocycles. The smallest absolute Gasteiger partial charge is 0.253 e. The fourth-order valence-electron chi connectivity index (χ4n) is 2.85. The SMILES string of the molecule is Cc1nc2oc3ccc(Cl)cc3c(=O)c2cc1C(=O)NCc1ccncc1. The van der Waals surface area contributed by atoms with Gasteiger partial charge in [0.25, 0.3) is 5.91 Å². The van der Waals surface area contributed by atoms with Crippen molar-refractivity contribution in [3.63, 3.8) is 0 Å². The van der Waals surface area contributed by atoms with Crippen LogP contribution in [0.15, 0.2) is 58.0 Å². The van der Waals surface area contributed by atoms with Crippen molar-refractivity contribution in [3.8, 4) is 0 Å². The average Bonchev–Trinajstić information content (AvgIpc) is 2.67. The first-order valence-electron chi connectivity index (χ1n) is 8.24. The minimum absolute atomic E-state index is 0.193. The van der Waals surface area contributed by atoms with Crippen LogP contribution in [-0.4, -0.2) is 15.9 Å². The summed E-state index contributed by atoms with van der Waals surface area (Å²) in [6.45, 7) is 2.05. The standard InChI is InChI=1S/C20H14ClN3O3/c1-11-14(19(26)23-10-12-4-6-22-7-5-12)9-16-18(25)15-8-13(21)2-3-17(15)27-20(16)24-11/h2-9H,10H2,1H3,(H,23,26). The molecule has 0 saturated carbocycles. The number of carbonyl (C=O) groups is 1. The molecule has 0 aliphatic carbocycles. The number of halogens is 1. The minimum atomic E-state index is -0.315. The van der Waals surface area contributed by atoms with Gasteiger partial charge in [-0.25, -0.2) is 4.98 Å². The van der Waals surface area contributed by atoms with Gasteiger partial charge in [0.2, 0.25) is 11.1 Å². The maximum absolute atomic E-state index is 12.8. The zero-order chi connectivity index (χ0) is 19.0. The first-order valence-corrected chi connectivity index (χ1v) is 8.61. The highest BCUT2D eigenvalue weighted by molar-refractivity contribution is 6.31. The lowest BCUT2D eigenvalue weighted by Gasteiger charge is -2.09. The summed E-state index contributed by atoms with van der Waals surface area (Å²) in [6, 6.07) is 9.97. The third kappa shape index (κ3) is 3.27. The Bertz CT molecular complexity index is 1240. The maximum Gasteiger partial charge on any atom is 0.253 e. The van der Waals surface area contributed by atoms with Gasteiger partial charge in [0.15, 0.2) is 0 Å². The van der Waals surface area contributed by atoms with Crippen LogP contribution in [0.2, 0.25) is 5.02 Å². The van der Waals surface area contributed by atoms with Crippen LogP contribution in [0.5, 0.6) is 0 Å². The Balaban J connectivity index is 1.76. The number of hydrogen-bond acceptors (Lipinski definition) is 5. The molecular formula is C20H14ClN3O3. The molecule has 0 saturated heterocycles. The Morgan fingerprint density at radius 3 is 2.70 bits per heavy atom. The Morgan fingerprint density at radius 1 is 1.15 bits per heavy atom. The molecule has 3 aromatic heterocycles. The van der Waals surface area contributed by atoms with E-state index in [-0.39, 0.29) is 22.4 Å². The molecule has 3 heterocycles. The van der Waals surface area contributed by atoms with Gasteiger partial charge in [0.05, 0.1) is 22.0 Å². The van der Waals surface area contributed by atoms with Crippen LogP contribution in [0.3, 0.4) is 0 Å². The van der Waals surface area contributed by atoms with Gasteiger partial charge in [-0.1, -0.05) is 11.6 Å². The van der Waals surface area contributed by atoms with E-state index in [2.05, 4.69) is 15.3 Å². The van der Waals surface area contributed by atoms with Gasteiger partial charge in [-0.05, 0) is 48.9 Å². The monoisotopic (exact) mass is 379 g/mol. The van der Waals surface area contributed by atoms with E-state index in [4.69, 9.17) is 16.0 Å². The van der Waals surface area contributed by atoms with Crippen LogP contribution < -0.4 is 10.7 Å². The lowest BCUT2D eigenvalue weighted by molar-refractivity contribution is 0.0950. The summed E-state index contributed by atoms with van der Waals surface area (Å²) in [4.78, 5) is 33.7. The van der Waals surface area contributed by atoms with Crippen LogP contribution in [0.4, 0.5) is 0 Å². The number of pyridine rings is 2. The predicted octanol–water partition coefficient (Wildman–Crippen LogP) is 3.63. The molecule has 0 aliphatic rings. The van der Waals surface area contributed by atoms with Gasteiger partial charge >= 0.3 is 0 Å². The van der Waals surface area contributed by atoms with E-state index in [1.54, 1.807) is 37.5 Å². The first-order chi connectivity index (χ1) is 13.0. The molecule has 134 valence electrons. The average molecular weight is 380 g/mol. The second-order valence-electron chi connectivity index (χ2n) is 6.08. The zero-order valence-corrected chi connectivity index (χ0v) is 15.1. The van der Waals surface area contributed by atoms with E-state index in [1.807, 2.05) is 12.1 Å². The van der Waals surface area contributed by atoms with Crippen molar-refractivity contribution in [2.45, 2.75) is 13.5 Å². The van der Waals surface area contributed by atoms with Crippen LogP contribution in [0.25, 0.3) is 22.1 Å². The van der Waals surface area contributed by atoms with Gasteiger partial charge in [0.1, 0.15) is 5.58 Å². The van der Waals surface area contributed by atoms with Crippen molar-refractivity contribution in [1.29, 1.82) is 0 Å². The van der Waals surface area contributed by atoms with E-state index >= 15 is 0 Å². The molecule has 4 rings (SSSR count). The molecule has 27 heavy (non-hydrogen) atoms. The summed E-state index contributed by atoms with van der Waals surface area (Å²) in [5.41, 5.74) is 2.04. The molecular weight excluding hydrogens is 366 g/mol. The Labute approximate surface area is 158 Å². The number of carbonyl (C=O) groups excluding carboxylic acids is 1.